The Bertz CT molecular complexity index is 843. The van der Waals surface area contributed by atoms with Gasteiger partial charge in [-0.05, 0) is 29.8 Å². The number of benzene rings is 2. The average Bonchev–Trinajstić information content (AvgIpc) is 2.72. The Labute approximate surface area is 167 Å². The van der Waals surface area contributed by atoms with Crippen molar-refractivity contribution in [1.29, 1.82) is 0 Å². The molecule has 2 rings (SSSR count). The molecule has 0 bridgehead atoms. The van der Waals surface area contributed by atoms with Crippen LogP contribution in [-0.2, 0) is 16.1 Å². The lowest BCUT2D eigenvalue weighted by molar-refractivity contribution is -0.139. The second-order valence-corrected chi connectivity index (χ2v) is 5.90. The van der Waals surface area contributed by atoms with Gasteiger partial charge in [0.05, 0.1) is 27.5 Å². The van der Waals surface area contributed by atoms with Crippen LogP contribution < -0.4 is 25.0 Å². The highest BCUT2D eigenvalue weighted by molar-refractivity contribution is 6.35. The Balaban J connectivity index is 1.95. The topological polar surface area (TPSA) is 98.2 Å². The van der Waals surface area contributed by atoms with E-state index in [4.69, 9.17) is 25.8 Å². The number of carbonyl (C=O) groups excluding carboxylic acids is 2. The molecule has 0 spiro atoms. The van der Waals surface area contributed by atoms with Crippen molar-refractivity contribution in [2.24, 2.45) is 5.10 Å². The Morgan fingerprint density at radius 1 is 1.00 bits per heavy atom. The number of amides is 2. The van der Waals surface area contributed by atoms with Crippen LogP contribution >= 0.6 is 11.6 Å². The first-order valence-electron chi connectivity index (χ1n) is 8.14. The number of ether oxygens (including phenoxy) is 3. The Morgan fingerprint density at radius 3 is 2.14 bits per heavy atom. The van der Waals surface area contributed by atoms with Gasteiger partial charge in [-0.3, -0.25) is 9.59 Å². The molecule has 0 heterocycles. The van der Waals surface area contributed by atoms with E-state index in [0.717, 1.165) is 5.56 Å². The molecule has 2 aromatic rings. The Kier molecular flexibility index (Phi) is 7.65. The molecule has 0 aliphatic heterocycles. The highest BCUT2D eigenvalue weighted by Crippen LogP contribution is 2.37. The zero-order chi connectivity index (χ0) is 20.5. The van der Waals surface area contributed by atoms with Gasteiger partial charge < -0.3 is 19.5 Å². The van der Waals surface area contributed by atoms with Gasteiger partial charge in [0, 0.05) is 17.1 Å². The first-order chi connectivity index (χ1) is 13.5. The maximum absolute atomic E-state index is 11.8. The molecule has 0 saturated carbocycles. The van der Waals surface area contributed by atoms with Gasteiger partial charge in [0.1, 0.15) is 0 Å². The summed E-state index contributed by atoms with van der Waals surface area (Å²) in [4.78, 5) is 23.7. The number of halogens is 1. The molecule has 0 fully saturated rings. The standard InChI is InChI=1S/C19H20ClN3O5/c1-26-15-8-13(9-16(27-2)17(15)28-3)11-22-23-19(25)18(24)21-10-12-4-6-14(20)7-5-12/h4-9,11H,10H2,1-3H3,(H,21,24)(H,23,25)/b22-11+. The van der Waals surface area contributed by atoms with Crippen LogP contribution in [0.3, 0.4) is 0 Å². The molecule has 8 nitrogen and oxygen atoms in total. The van der Waals surface area contributed by atoms with Crippen LogP contribution in [-0.4, -0.2) is 39.4 Å². The first-order valence-corrected chi connectivity index (χ1v) is 8.52. The number of nitrogens with zero attached hydrogens (tertiary/aromatic N) is 1. The monoisotopic (exact) mass is 405 g/mol. The van der Waals surface area contributed by atoms with Crippen LogP contribution in [0.2, 0.25) is 5.02 Å². The van der Waals surface area contributed by atoms with Gasteiger partial charge in [0.2, 0.25) is 5.75 Å². The molecule has 0 aromatic heterocycles. The van der Waals surface area contributed by atoms with Gasteiger partial charge >= 0.3 is 11.8 Å². The molecule has 0 saturated heterocycles. The quantitative estimate of drug-likeness (QED) is 0.418. The summed E-state index contributed by atoms with van der Waals surface area (Å²) in [5, 5.41) is 6.87. The molecule has 0 radical (unpaired) electrons. The molecule has 0 aliphatic carbocycles. The van der Waals surface area contributed by atoms with E-state index in [2.05, 4.69) is 15.8 Å². The van der Waals surface area contributed by atoms with E-state index in [1.165, 1.54) is 27.5 Å². The molecule has 2 aromatic carbocycles. The molecule has 9 heteroatoms. The minimum Gasteiger partial charge on any atom is -0.493 e. The highest BCUT2D eigenvalue weighted by atomic mass is 35.5. The fourth-order valence-corrected chi connectivity index (χ4v) is 2.38. The van der Waals surface area contributed by atoms with Gasteiger partial charge in [-0.2, -0.15) is 5.10 Å². The summed E-state index contributed by atoms with van der Waals surface area (Å²) < 4.78 is 15.7. The largest absolute Gasteiger partial charge is 0.493 e. The van der Waals surface area contributed by atoms with Crippen molar-refractivity contribution in [1.82, 2.24) is 10.7 Å². The Hall–Kier alpha value is -3.26. The minimum atomic E-state index is -0.891. The third kappa shape index (κ3) is 5.62. The normalized spacial score (nSPS) is 10.4. The van der Waals surface area contributed by atoms with Crippen LogP contribution in [0.4, 0.5) is 0 Å². The van der Waals surface area contributed by atoms with Gasteiger partial charge in [-0.1, -0.05) is 23.7 Å². The molecule has 2 amide bonds. The second-order valence-electron chi connectivity index (χ2n) is 5.47. The van der Waals surface area contributed by atoms with Gasteiger partial charge in [-0.15, -0.1) is 0 Å². The number of nitrogens with one attached hydrogen (secondary N) is 2. The van der Waals surface area contributed by atoms with Crippen LogP contribution in [0, 0.1) is 0 Å². The summed E-state index contributed by atoms with van der Waals surface area (Å²) in [7, 11) is 4.48. The van der Waals surface area contributed by atoms with Crippen LogP contribution in [0.15, 0.2) is 41.5 Å². The molecule has 0 unspecified atom stereocenters. The van der Waals surface area contributed by atoms with E-state index in [9.17, 15) is 9.59 Å². The number of methoxy groups -OCH3 is 3. The molecular formula is C19H20ClN3O5. The number of hydrogen-bond donors (Lipinski definition) is 2. The zero-order valence-corrected chi connectivity index (χ0v) is 16.4. The number of carbonyl (C=O) groups is 2. The third-order valence-electron chi connectivity index (χ3n) is 3.64. The molecule has 2 N–H and O–H groups in total. The summed E-state index contributed by atoms with van der Waals surface area (Å²) in [5.41, 5.74) is 3.56. The van der Waals surface area contributed by atoms with Crippen molar-refractivity contribution in [2.45, 2.75) is 6.54 Å². The Morgan fingerprint density at radius 2 is 1.61 bits per heavy atom. The fraction of sp³-hybridized carbons (Fsp3) is 0.211. The van der Waals surface area contributed by atoms with E-state index < -0.39 is 11.8 Å². The maximum atomic E-state index is 11.8. The van der Waals surface area contributed by atoms with E-state index in [-0.39, 0.29) is 6.54 Å². The first kappa shape index (κ1) is 21.0. The van der Waals surface area contributed by atoms with Crippen molar-refractivity contribution in [3.05, 3.63) is 52.5 Å². The smallest absolute Gasteiger partial charge is 0.329 e. The number of hydrazone groups is 1. The summed E-state index contributed by atoms with van der Waals surface area (Å²) in [6.07, 6.45) is 1.36. The summed E-state index contributed by atoms with van der Waals surface area (Å²) in [5.74, 6) is -0.381. The van der Waals surface area contributed by atoms with Gasteiger partial charge in [0.25, 0.3) is 0 Å². The molecule has 0 atom stereocenters. The molecular weight excluding hydrogens is 386 g/mol. The van der Waals surface area contributed by atoms with E-state index in [1.54, 1.807) is 36.4 Å². The summed E-state index contributed by atoms with van der Waals surface area (Å²) in [6, 6.07) is 10.2. The predicted octanol–water partition coefficient (Wildman–Crippen LogP) is 2.13. The SMILES string of the molecule is COc1cc(/C=N/NC(=O)C(=O)NCc2ccc(Cl)cc2)cc(OC)c1OC. The molecule has 148 valence electrons. The fourth-order valence-electron chi connectivity index (χ4n) is 2.26. The third-order valence-corrected chi connectivity index (χ3v) is 3.89. The molecule has 28 heavy (non-hydrogen) atoms. The lowest BCUT2D eigenvalue weighted by Crippen LogP contribution is -2.37. The lowest BCUT2D eigenvalue weighted by atomic mass is 10.2. The van der Waals surface area contributed by atoms with E-state index in [0.29, 0.717) is 27.8 Å². The van der Waals surface area contributed by atoms with Crippen LogP contribution in [0.1, 0.15) is 11.1 Å². The second kappa shape index (κ2) is 10.2. The zero-order valence-electron chi connectivity index (χ0n) is 15.6. The summed E-state index contributed by atoms with van der Waals surface area (Å²) >= 11 is 5.80. The average molecular weight is 406 g/mol. The van der Waals surface area contributed by atoms with E-state index in [1.807, 2.05) is 0 Å². The molecule has 0 aliphatic rings. The minimum absolute atomic E-state index is 0.194. The van der Waals surface area contributed by atoms with Crippen LogP contribution in [0.25, 0.3) is 0 Å². The lowest BCUT2D eigenvalue weighted by Gasteiger charge is -2.12. The van der Waals surface area contributed by atoms with Gasteiger partial charge in [-0.25, -0.2) is 5.43 Å². The number of hydrogen-bond acceptors (Lipinski definition) is 6. The van der Waals surface area contributed by atoms with Crippen molar-refractivity contribution >= 4 is 29.6 Å². The predicted molar refractivity (Wildman–Crippen MR) is 105 cm³/mol. The van der Waals surface area contributed by atoms with Crippen molar-refractivity contribution in [2.75, 3.05) is 21.3 Å². The van der Waals surface area contributed by atoms with Crippen molar-refractivity contribution in [3.8, 4) is 17.2 Å². The summed E-state index contributed by atoms with van der Waals surface area (Å²) in [6.45, 7) is 0.194. The van der Waals surface area contributed by atoms with Gasteiger partial charge in [0.15, 0.2) is 11.5 Å². The maximum Gasteiger partial charge on any atom is 0.329 e. The van der Waals surface area contributed by atoms with Crippen molar-refractivity contribution in [3.63, 3.8) is 0 Å². The van der Waals surface area contributed by atoms with Crippen LogP contribution in [0.5, 0.6) is 17.2 Å². The number of rotatable bonds is 7. The van der Waals surface area contributed by atoms with E-state index >= 15 is 0 Å². The highest BCUT2D eigenvalue weighted by Gasteiger charge is 2.14. The van der Waals surface area contributed by atoms with Crippen molar-refractivity contribution < 1.29 is 23.8 Å².